The number of hydrogen-bond donors (Lipinski definition) is 0. The monoisotopic (exact) mass is 417 g/mol. The molecule has 0 saturated carbocycles. The minimum Gasteiger partial charge on any atom is -0.352 e. The van der Waals surface area contributed by atoms with Crippen molar-refractivity contribution in [3.8, 4) is 17.2 Å². The molecule has 1 amide bonds. The summed E-state index contributed by atoms with van der Waals surface area (Å²) in [6.07, 6.45) is 3.09. The number of rotatable bonds is 4. The molecule has 1 aliphatic rings. The zero-order chi connectivity index (χ0) is 21.1. The van der Waals surface area contributed by atoms with Crippen molar-refractivity contribution in [2.75, 3.05) is 24.5 Å². The largest absolute Gasteiger partial charge is 0.352 e. The summed E-state index contributed by atoms with van der Waals surface area (Å²) < 4.78 is 0. The molecule has 7 heteroatoms. The van der Waals surface area contributed by atoms with Gasteiger partial charge in [0.1, 0.15) is 12.1 Å². The first-order chi connectivity index (χ1) is 14.6. The summed E-state index contributed by atoms with van der Waals surface area (Å²) in [7, 11) is 0. The second kappa shape index (κ2) is 8.52. The van der Waals surface area contributed by atoms with Gasteiger partial charge in [-0.15, -0.1) is 0 Å². The van der Waals surface area contributed by atoms with Crippen LogP contribution < -0.4 is 4.90 Å². The van der Waals surface area contributed by atoms with Gasteiger partial charge in [-0.05, 0) is 23.8 Å². The van der Waals surface area contributed by atoms with E-state index in [1.54, 1.807) is 11.2 Å². The summed E-state index contributed by atoms with van der Waals surface area (Å²) in [5.41, 5.74) is 2.73. The lowest BCUT2D eigenvalue weighted by Gasteiger charge is -2.41. The highest BCUT2D eigenvalue weighted by atomic mass is 35.5. The molecule has 30 heavy (non-hydrogen) atoms. The van der Waals surface area contributed by atoms with E-state index in [-0.39, 0.29) is 18.4 Å². The van der Waals surface area contributed by atoms with Gasteiger partial charge >= 0.3 is 0 Å². The third-order valence-electron chi connectivity index (χ3n) is 5.35. The van der Waals surface area contributed by atoms with Crippen LogP contribution in [-0.4, -0.2) is 46.5 Å². The molecule has 1 saturated heterocycles. The SMILES string of the molecule is C=CC(=O)N1CCN(c2ncnc3cc(-c4ccccc4)c(Cl)cc23)CC1CC#N. The highest BCUT2D eigenvalue weighted by Crippen LogP contribution is 2.35. The molecular formula is C23H20ClN5O. The maximum Gasteiger partial charge on any atom is 0.246 e. The van der Waals surface area contributed by atoms with E-state index in [1.165, 1.54) is 6.08 Å². The molecule has 1 fully saturated rings. The fourth-order valence-electron chi connectivity index (χ4n) is 3.89. The number of piperazine rings is 1. The maximum atomic E-state index is 12.2. The molecule has 6 nitrogen and oxygen atoms in total. The fourth-order valence-corrected chi connectivity index (χ4v) is 4.16. The normalized spacial score (nSPS) is 16.3. The summed E-state index contributed by atoms with van der Waals surface area (Å²) in [6, 6.07) is 15.8. The molecule has 150 valence electrons. The van der Waals surface area contributed by atoms with Crippen LogP contribution in [0.25, 0.3) is 22.0 Å². The van der Waals surface area contributed by atoms with Crippen molar-refractivity contribution in [1.82, 2.24) is 14.9 Å². The first kappa shape index (κ1) is 19.9. The first-order valence-corrected chi connectivity index (χ1v) is 10.0. The molecule has 0 spiro atoms. The maximum absolute atomic E-state index is 12.2. The molecule has 1 atom stereocenters. The molecule has 0 radical (unpaired) electrons. The fraction of sp³-hybridized carbons (Fsp3) is 0.217. The van der Waals surface area contributed by atoms with Crippen LogP contribution in [0.2, 0.25) is 5.02 Å². The molecule has 3 aromatic rings. The summed E-state index contributed by atoms with van der Waals surface area (Å²) in [4.78, 5) is 24.9. The van der Waals surface area contributed by atoms with Crippen molar-refractivity contribution in [2.45, 2.75) is 12.5 Å². The Morgan fingerprint density at radius 2 is 2.07 bits per heavy atom. The van der Waals surface area contributed by atoms with Crippen LogP contribution >= 0.6 is 11.6 Å². The quantitative estimate of drug-likeness (QED) is 0.598. The molecule has 2 heterocycles. The van der Waals surface area contributed by atoms with E-state index >= 15 is 0 Å². The van der Waals surface area contributed by atoms with Gasteiger partial charge in [-0.2, -0.15) is 5.26 Å². The molecule has 0 bridgehead atoms. The van der Waals surface area contributed by atoms with Crippen LogP contribution in [0.4, 0.5) is 5.82 Å². The van der Waals surface area contributed by atoms with Crippen LogP contribution in [0.3, 0.4) is 0 Å². The van der Waals surface area contributed by atoms with E-state index in [0.29, 0.717) is 24.7 Å². The van der Waals surface area contributed by atoms with Gasteiger partial charge in [0.15, 0.2) is 0 Å². The number of carbonyl (C=O) groups excluding carboxylic acids is 1. The Kier molecular flexibility index (Phi) is 5.64. The van der Waals surface area contributed by atoms with Crippen molar-refractivity contribution >= 4 is 34.2 Å². The molecule has 0 aliphatic carbocycles. The number of fused-ring (bicyclic) bond motifs is 1. The minimum absolute atomic E-state index is 0.155. The lowest BCUT2D eigenvalue weighted by molar-refractivity contribution is -0.128. The van der Waals surface area contributed by atoms with Gasteiger partial charge in [0.05, 0.1) is 24.0 Å². The molecule has 1 aliphatic heterocycles. The molecular weight excluding hydrogens is 398 g/mol. The zero-order valence-electron chi connectivity index (χ0n) is 16.3. The highest BCUT2D eigenvalue weighted by Gasteiger charge is 2.30. The lowest BCUT2D eigenvalue weighted by Crippen LogP contribution is -2.55. The van der Waals surface area contributed by atoms with E-state index in [1.807, 2.05) is 42.5 Å². The topological polar surface area (TPSA) is 73.1 Å². The van der Waals surface area contributed by atoms with Crippen LogP contribution in [0.5, 0.6) is 0 Å². The number of aromatic nitrogens is 2. The summed E-state index contributed by atoms with van der Waals surface area (Å²) >= 11 is 6.63. The van der Waals surface area contributed by atoms with Crippen molar-refractivity contribution in [3.63, 3.8) is 0 Å². The number of hydrogen-bond acceptors (Lipinski definition) is 5. The van der Waals surface area contributed by atoms with E-state index < -0.39 is 0 Å². The number of halogens is 1. The Balaban J connectivity index is 1.71. The smallest absolute Gasteiger partial charge is 0.246 e. The van der Waals surface area contributed by atoms with Crippen molar-refractivity contribution in [1.29, 1.82) is 5.26 Å². The minimum atomic E-state index is -0.224. The molecule has 0 N–H and O–H groups in total. The van der Waals surface area contributed by atoms with Crippen molar-refractivity contribution in [3.05, 3.63) is 66.5 Å². The summed E-state index contributed by atoms with van der Waals surface area (Å²) in [5.74, 6) is 0.605. The van der Waals surface area contributed by atoms with Gasteiger partial charge in [0, 0.05) is 35.6 Å². The van der Waals surface area contributed by atoms with Gasteiger partial charge in [-0.1, -0.05) is 48.5 Å². The average Bonchev–Trinajstić information content (AvgIpc) is 2.78. The highest BCUT2D eigenvalue weighted by molar-refractivity contribution is 6.34. The zero-order valence-corrected chi connectivity index (χ0v) is 17.1. The third kappa shape index (κ3) is 3.72. The standard InChI is InChI=1S/C23H20ClN5O/c1-2-22(30)29-11-10-28(14-17(29)8-9-25)23-19-12-20(24)18(13-21(19)26-15-27-23)16-6-4-3-5-7-16/h2-7,12-13,15,17H,1,8,10-11,14H2. The number of nitrogens with zero attached hydrogens (tertiary/aromatic N) is 5. The van der Waals surface area contributed by atoms with Crippen LogP contribution in [-0.2, 0) is 4.79 Å². The van der Waals surface area contributed by atoms with Crippen molar-refractivity contribution in [2.24, 2.45) is 0 Å². The molecule has 2 aromatic carbocycles. The van der Waals surface area contributed by atoms with Gasteiger partial charge in [-0.25, -0.2) is 9.97 Å². The second-order valence-corrected chi connectivity index (χ2v) is 7.52. The summed E-state index contributed by atoms with van der Waals surface area (Å²) in [5, 5.41) is 10.7. The third-order valence-corrected chi connectivity index (χ3v) is 5.67. The first-order valence-electron chi connectivity index (χ1n) is 9.67. The Morgan fingerprint density at radius 1 is 1.27 bits per heavy atom. The number of nitriles is 1. The average molecular weight is 418 g/mol. The second-order valence-electron chi connectivity index (χ2n) is 7.11. The van der Waals surface area contributed by atoms with Crippen molar-refractivity contribution < 1.29 is 4.79 Å². The van der Waals surface area contributed by atoms with Crippen LogP contribution in [0.1, 0.15) is 6.42 Å². The van der Waals surface area contributed by atoms with Crippen LogP contribution in [0, 0.1) is 11.3 Å². The Labute approximate surface area is 180 Å². The lowest BCUT2D eigenvalue weighted by atomic mass is 10.0. The van der Waals surface area contributed by atoms with Gasteiger partial charge in [0.2, 0.25) is 5.91 Å². The van der Waals surface area contributed by atoms with Gasteiger partial charge < -0.3 is 9.80 Å². The summed E-state index contributed by atoms with van der Waals surface area (Å²) in [6.45, 7) is 5.18. The Hall–Kier alpha value is -3.43. The number of carbonyl (C=O) groups is 1. The van der Waals surface area contributed by atoms with E-state index in [9.17, 15) is 10.1 Å². The number of amides is 1. The predicted molar refractivity (Wildman–Crippen MR) is 118 cm³/mol. The molecule has 4 rings (SSSR count). The van der Waals surface area contributed by atoms with Gasteiger partial charge in [-0.3, -0.25) is 4.79 Å². The molecule has 1 aromatic heterocycles. The van der Waals surface area contributed by atoms with E-state index in [0.717, 1.165) is 27.8 Å². The Morgan fingerprint density at radius 3 is 2.80 bits per heavy atom. The molecule has 1 unspecified atom stereocenters. The van der Waals surface area contributed by atoms with E-state index in [4.69, 9.17) is 11.6 Å². The van der Waals surface area contributed by atoms with E-state index in [2.05, 4.69) is 27.5 Å². The Bertz CT molecular complexity index is 1140. The number of anilines is 1. The number of benzene rings is 2. The predicted octanol–water partition coefficient (Wildman–Crippen LogP) is 4.07. The van der Waals surface area contributed by atoms with Gasteiger partial charge in [0.25, 0.3) is 0 Å². The van der Waals surface area contributed by atoms with Crippen LogP contribution in [0.15, 0.2) is 61.4 Å².